The van der Waals surface area contributed by atoms with E-state index in [0.29, 0.717) is 38.1 Å². The lowest BCUT2D eigenvalue weighted by molar-refractivity contribution is 0.122. The predicted octanol–water partition coefficient (Wildman–Crippen LogP) is 3.15. The molecule has 1 unspecified atom stereocenters. The summed E-state index contributed by atoms with van der Waals surface area (Å²) >= 11 is 0. The highest BCUT2D eigenvalue weighted by Gasteiger charge is 2.42. The Hall–Kier alpha value is -3.13. The number of hydrogen-bond donors (Lipinski definition) is 0. The zero-order valence-corrected chi connectivity index (χ0v) is 18.8. The third-order valence-electron chi connectivity index (χ3n) is 6.38. The molecule has 0 spiro atoms. The van der Waals surface area contributed by atoms with Crippen LogP contribution in [-0.4, -0.2) is 67.8 Å². The summed E-state index contributed by atoms with van der Waals surface area (Å²) in [6.45, 7) is 8.36. The van der Waals surface area contributed by atoms with E-state index < -0.39 is 0 Å². The summed E-state index contributed by atoms with van der Waals surface area (Å²) in [5.74, 6) is 1.85. The number of nitrogens with zero attached hydrogens (tertiary/aromatic N) is 5. The fraction of sp³-hybridized carbons (Fsp3) is 0.458. The second kappa shape index (κ2) is 8.43. The first-order valence-electron chi connectivity index (χ1n) is 11.2. The number of pyridine rings is 1. The summed E-state index contributed by atoms with van der Waals surface area (Å²) in [5, 5.41) is 0. The van der Waals surface area contributed by atoms with E-state index in [1.54, 1.807) is 12.0 Å². The average molecular weight is 436 g/mol. The Morgan fingerprint density at radius 1 is 1.19 bits per heavy atom. The van der Waals surface area contributed by atoms with Gasteiger partial charge < -0.3 is 14.4 Å². The van der Waals surface area contributed by atoms with E-state index in [1.807, 2.05) is 35.4 Å². The quantitative estimate of drug-likeness (QED) is 0.722. The van der Waals surface area contributed by atoms with Crippen LogP contribution in [0, 0.1) is 5.92 Å². The molecule has 8 heteroatoms. The van der Waals surface area contributed by atoms with Crippen molar-refractivity contribution in [1.82, 2.24) is 9.88 Å². The minimum Gasteiger partial charge on any atom is -0.497 e. The summed E-state index contributed by atoms with van der Waals surface area (Å²) in [4.78, 5) is 29.2. The van der Waals surface area contributed by atoms with Gasteiger partial charge in [-0.25, -0.2) is 9.78 Å². The standard InChI is InChI=1S/C24H29N5O3/c1-16(2)20-15-29-23(26-20)22-21(12-18(13-25-22)27-8-10-32-11-9-27)28(24(29)30)14-17-4-6-19(31-3)7-5-17/h4-7,12-13,16,20H,8-11,14-15H2,1-3H3. The van der Waals surface area contributed by atoms with Crippen LogP contribution in [0.5, 0.6) is 5.75 Å². The van der Waals surface area contributed by atoms with Gasteiger partial charge in [-0.3, -0.25) is 14.8 Å². The van der Waals surface area contributed by atoms with Crippen molar-refractivity contribution in [2.75, 3.05) is 49.8 Å². The maximum Gasteiger partial charge on any atom is 0.330 e. The highest BCUT2D eigenvalue weighted by atomic mass is 16.5. The Morgan fingerprint density at radius 2 is 1.94 bits per heavy atom. The first kappa shape index (κ1) is 20.8. The van der Waals surface area contributed by atoms with Crippen LogP contribution in [0.3, 0.4) is 0 Å². The van der Waals surface area contributed by atoms with E-state index in [-0.39, 0.29) is 12.1 Å². The Balaban J connectivity index is 1.54. The van der Waals surface area contributed by atoms with Crippen molar-refractivity contribution in [3.05, 3.63) is 47.8 Å². The second-order valence-corrected chi connectivity index (χ2v) is 8.75. The molecule has 3 aliphatic rings. The number of benzene rings is 1. The van der Waals surface area contributed by atoms with Crippen LogP contribution >= 0.6 is 0 Å². The van der Waals surface area contributed by atoms with Gasteiger partial charge in [0.2, 0.25) is 0 Å². The maximum absolute atomic E-state index is 13.6. The van der Waals surface area contributed by atoms with Crippen LogP contribution in [0.1, 0.15) is 25.1 Å². The lowest BCUT2D eigenvalue weighted by Gasteiger charge is -2.36. The highest BCUT2D eigenvalue weighted by molar-refractivity contribution is 6.19. The number of methoxy groups -OCH3 is 1. The number of hydrogen-bond acceptors (Lipinski definition) is 6. The molecular weight excluding hydrogens is 406 g/mol. The molecule has 0 N–H and O–H groups in total. The van der Waals surface area contributed by atoms with E-state index in [0.717, 1.165) is 41.5 Å². The number of carbonyl (C=O) groups is 1. The molecule has 5 rings (SSSR count). The first-order chi connectivity index (χ1) is 15.5. The van der Waals surface area contributed by atoms with Crippen LogP contribution in [-0.2, 0) is 11.3 Å². The molecule has 0 radical (unpaired) electrons. The summed E-state index contributed by atoms with van der Waals surface area (Å²) in [6, 6.07) is 9.96. The number of morpholine rings is 1. The van der Waals surface area contributed by atoms with Gasteiger partial charge in [-0.05, 0) is 29.7 Å². The van der Waals surface area contributed by atoms with Crippen molar-refractivity contribution in [1.29, 1.82) is 0 Å². The fourth-order valence-corrected chi connectivity index (χ4v) is 4.39. The van der Waals surface area contributed by atoms with Crippen LogP contribution in [0.2, 0.25) is 0 Å². The van der Waals surface area contributed by atoms with Gasteiger partial charge in [0.1, 0.15) is 11.4 Å². The van der Waals surface area contributed by atoms with Crippen molar-refractivity contribution < 1.29 is 14.3 Å². The molecule has 0 bridgehead atoms. The van der Waals surface area contributed by atoms with Crippen LogP contribution in [0.15, 0.2) is 41.5 Å². The molecule has 1 atom stereocenters. The smallest absolute Gasteiger partial charge is 0.330 e. The molecule has 4 heterocycles. The predicted molar refractivity (Wildman–Crippen MR) is 124 cm³/mol. The van der Waals surface area contributed by atoms with E-state index in [4.69, 9.17) is 19.5 Å². The SMILES string of the molecule is COc1ccc(CN2C(=O)N3CC(C(C)C)N=C3c3ncc(N4CCOCC4)cc32)cc1. The third-order valence-corrected chi connectivity index (χ3v) is 6.38. The summed E-state index contributed by atoms with van der Waals surface area (Å²) in [5.41, 5.74) is 3.63. The van der Waals surface area contributed by atoms with Gasteiger partial charge in [0.25, 0.3) is 0 Å². The summed E-state index contributed by atoms with van der Waals surface area (Å²) < 4.78 is 10.8. The number of urea groups is 1. The van der Waals surface area contributed by atoms with Crippen molar-refractivity contribution in [3.63, 3.8) is 0 Å². The van der Waals surface area contributed by atoms with Crippen molar-refractivity contribution in [3.8, 4) is 5.75 Å². The van der Waals surface area contributed by atoms with Gasteiger partial charge in [0.15, 0.2) is 5.84 Å². The van der Waals surface area contributed by atoms with Crippen molar-refractivity contribution in [2.24, 2.45) is 10.9 Å². The highest BCUT2D eigenvalue weighted by Crippen LogP contribution is 2.36. The number of anilines is 2. The minimum atomic E-state index is -0.0452. The van der Waals surface area contributed by atoms with Crippen LogP contribution in [0.4, 0.5) is 16.2 Å². The van der Waals surface area contributed by atoms with Gasteiger partial charge in [-0.1, -0.05) is 26.0 Å². The molecule has 1 saturated heterocycles. The maximum atomic E-state index is 13.6. The lowest BCUT2D eigenvalue weighted by atomic mass is 10.1. The zero-order valence-electron chi connectivity index (χ0n) is 18.8. The molecule has 0 saturated carbocycles. The van der Waals surface area contributed by atoms with E-state index in [9.17, 15) is 4.79 Å². The van der Waals surface area contributed by atoms with Gasteiger partial charge in [0.05, 0.1) is 57.0 Å². The van der Waals surface area contributed by atoms with Gasteiger partial charge in [0, 0.05) is 13.1 Å². The molecule has 1 aromatic heterocycles. The number of aromatic nitrogens is 1. The third kappa shape index (κ3) is 3.68. The second-order valence-electron chi connectivity index (χ2n) is 8.75. The van der Waals surface area contributed by atoms with Gasteiger partial charge in [-0.15, -0.1) is 0 Å². The zero-order chi connectivity index (χ0) is 22.2. The Morgan fingerprint density at radius 3 is 2.62 bits per heavy atom. The van der Waals surface area contributed by atoms with Crippen molar-refractivity contribution in [2.45, 2.75) is 26.4 Å². The number of rotatable bonds is 5. The first-order valence-corrected chi connectivity index (χ1v) is 11.2. The topological polar surface area (TPSA) is 70.5 Å². The Bertz CT molecular complexity index is 1030. The summed E-state index contributed by atoms with van der Waals surface area (Å²) in [7, 11) is 1.65. The molecule has 2 aromatic rings. The van der Waals surface area contributed by atoms with Gasteiger partial charge in [-0.2, -0.15) is 0 Å². The Labute approximate surface area is 188 Å². The molecule has 1 aromatic carbocycles. The number of aliphatic imine (C=N–C) groups is 1. The van der Waals surface area contributed by atoms with E-state index >= 15 is 0 Å². The number of carbonyl (C=O) groups excluding carboxylic acids is 1. The Kier molecular flexibility index (Phi) is 5.46. The molecular formula is C24H29N5O3. The van der Waals surface area contributed by atoms with Crippen LogP contribution < -0.4 is 14.5 Å². The average Bonchev–Trinajstić information content (AvgIpc) is 3.29. The van der Waals surface area contributed by atoms with Crippen molar-refractivity contribution >= 4 is 23.2 Å². The molecule has 0 aliphatic carbocycles. The monoisotopic (exact) mass is 435 g/mol. The number of amidine groups is 1. The summed E-state index contributed by atoms with van der Waals surface area (Å²) in [6.07, 6.45) is 1.90. The molecule has 2 amide bonds. The largest absolute Gasteiger partial charge is 0.497 e. The molecule has 1 fully saturated rings. The molecule has 168 valence electrons. The molecule has 8 nitrogen and oxygen atoms in total. The molecule has 32 heavy (non-hydrogen) atoms. The molecule has 3 aliphatic heterocycles. The van der Waals surface area contributed by atoms with Gasteiger partial charge >= 0.3 is 6.03 Å². The number of amides is 2. The number of fused-ring (bicyclic) bond motifs is 3. The van der Waals surface area contributed by atoms with E-state index in [1.165, 1.54) is 0 Å². The lowest BCUT2D eigenvalue weighted by Crippen LogP contribution is -2.50. The minimum absolute atomic E-state index is 0.0452. The van der Waals surface area contributed by atoms with Crippen LogP contribution in [0.25, 0.3) is 0 Å². The number of ether oxygens (including phenoxy) is 2. The van der Waals surface area contributed by atoms with E-state index in [2.05, 4.69) is 24.8 Å². The normalized spacial score (nSPS) is 20.4. The fourth-order valence-electron chi connectivity index (χ4n) is 4.39.